The van der Waals surface area contributed by atoms with Gasteiger partial charge in [0.2, 0.25) is 5.91 Å². The van der Waals surface area contributed by atoms with Gasteiger partial charge in [0.25, 0.3) is 5.91 Å². The molecule has 1 N–H and O–H groups in total. The van der Waals surface area contributed by atoms with Gasteiger partial charge in [-0.2, -0.15) is 0 Å². The molecule has 2 amide bonds. The highest BCUT2D eigenvalue weighted by Gasteiger charge is 2.24. The Morgan fingerprint density at radius 3 is 2.38 bits per heavy atom. The molecule has 1 heterocycles. The number of nitrogens with one attached hydrogen (secondary N) is 1. The fourth-order valence-electron chi connectivity index (χ4n) is 3.25. The van der Waals surface area contributed by atoms with Crippen molar-refractivity contribution < 1.29 is 14.3 Å². The monoisotopic (exact) mass is 352 g/mol. The second-order valence-corrected chi connectivity index (χ2v) is 6.49. The Morgan fingerprint density at radius 2 is 1.69 bits per heavy atom. The lowest BCUT2D eigenvalue weighted by Gasteiger charge is -2.32. The molecule has 5 heteroatoms. The van der Waals surface area contributed by atoms with Crippen molar-refractivity contribution in [2.45, 2.75) is 25.3 Å². The van der Waals surface area contributed by atoms with Gasteiger partial charge in [0.1, 0.15) is 5.75 Å². The van der Waals surface area contributed by atoms with E-state index in [1.807, 2.05) is 47.4 Å². The predicted molar refractivity (Wildman–Crippen MR) is 100 cm³/mol. The number of nitrogens with zero attached hydrogens (tertiary/aromatic N) is 1. The summed E-state index contributed by atoms with van der Waals surface area (Å²) in [5, 5.41) is 3.06. The lowest BCUT2D eigenvalue weighted by Crippen LogP contribution is -2.47. The zero-order valence-corrected chi connectivity index (χ0v) is 15.0. The number of carbonyl (C=O) groups excluding carboxylic acids is 2. The molecule has 2 aromatic carbocycles. The summed E-state index contributed by atoms with van der Waals surface area (Å²) < 4.78 is 5.25. The minimum Gasteiger partial charge on any atom is -0.496 e. The van der Waals surface area contributed by atoms with Crippen molar-refractivity contribution in [3.63, 3.8) is 0 Å². The summed E-state index contributed by atoms with van der Waals surface area (Å²) in [6.45, 7) is 1.34. The van der Waals surface area contributed by atoms with Crippen molar-refractivity contribution >= 4 is 11.8 Å². The van der Waals surface area contributed by atoms with Crippen molar-refractivity contribution in [1.82, 2.24) is 10.2 Å². The van der Waals surface area contributed by atoms with Crippen LogP contribution in [0.4, 0.5) is 0 Å². The first-order valence-corrected chi connectivity index (χ1v) is 8.93. The number of amides is 2. The molecule has 0 aromatic heterocycles. The van der Waals surface area contributed by atoms with Gasteiger partial charge >= 0.3 is 0 Å². The highest BCUT2D eigenvalue weighted by molar-refractivity contribution is 5.97. The Morgan fingerprint density at radius 1 is 1.04 bits per heavy atom. The average Bonchev–Trinajstić information content (AvgIpc) is 2.69. The molecule has 1 saturated heterocycles. The molecule has 2 aromatic rings. The first-order chi connectivity index (χ1) is 12.7. The van der Waals surface area contributed by atoms with Crippen LogP contribution in [0.5, 0.6) is 5.75 Å². The first kappa shape index (κ1) is 18.0. The minimum absolute atomic E-state index is 0.0770. The molecule has 0 unspecified atom stereocenters. The van der Waals surface area contributed by atoms with Crippen LogP contribution in [0.15, 0.2) is 54.6 Å². The maximum absolute atomic E-state index is 12.5. The third kappa shape index (κ3) is 4.42. The van der Waals surface area contributed by atoms with Gasteiger partial charge in [0.05, 0.1) is 19.1 Å². The standard InChI is InChI=1S/C21H24N2O3/c1-26-19-10-6-5-9-18(19)21(25)22-17-11-13-23(14-12-17)20(24)15-16-7-3-2-4-8-16/h2-10,17H,11-15H2,1H3,(H,22,25). The first-order valence-electron chi connectivity index (χ1n) is 8.93. The van der Waals surface area contributed by atoms with Crippen LogP contribution < -0.4 is 10.1 Å². The fraction of sp³-hybridized carbons (Fsp3) is 0.333. The number of hydrogen-bond acceptors (Lipinski definition) is 3. The summed E-state index contributed by atoms with van der Waals surface area (Å²) >= 11 is 0. The van der Waals surface area contributed by atoms with Gasteiger partial charge in [-0.1, -0.05) is 42.5 Å². The van der Waals surface area contributed by atoms with Crippen LogP contribution in [0.2, 0.25) is 0 Å². The van der Waals surface area contributed by atoms with Crippen LogP contribution in [0.1, 0.15) is 28.8 Å². The van der Waals surface area contributed by atoms with Gasteiger partial charge in [-0.3, -0.25) is 9.59 Å². The molecule has 0 aliphatic carbocycles. The van der Waals surface area contributed by atoms with Crippen LogP contribution in [0, 0.1) is 0 Å². The number of likely N-dealkylation sites (tertiary alicyclic amines) is 1. The lowest BCUT2D eigenvalue weighted by molar-refractivity contribution is -0.131. The van der Waals surface area contributed by atoms with Crippen LogP contribution in [-0.2, 0) is 11.2 Å². The molecule has 1 aliphatic heterocycles. The maximum Gasteiger partial charge on any atom is 0.255 e. The molecule has 0 spiro atoms. The van der Waals surface area contributed by atoms with Gasteiger partial charge in [-0.05, 0) is 30.5 Å². The maximum atomic E-state index is 12.5. The van der Waals surface area contributed by atoms with E-state index in [1.165, 1.54) is 0 Å². The summed E-state index contributed by atoms with van der Waals surface area (Å²) in [6, 6.07) is 17.1. The van der Waals surface area contributed by atoms with E-state index in [0.717, 1.165) is 18.4 Å². The molecule has 0 saturated carbocycles. The number of rotatable bonds is 5. The van der Waals surface area contributed by atoms with Crippen molar-refractivity contribution in [3.05, 3.63) is 65.7 Å². The van der Waals surface area contributed by atoms with Gasteiger partial charge in [0, 0.05) is 19.1 Å². The molecule has 0 radical (unpaired) electrons. The number of ether oxygens (including phenoxy) is 1. The Bertz CT molecular complexity index is 753. The molecule has 0 bridgehead atoms. The highest BCUT2D eigenvalue weighted by Crippen LogP contribution is 2.19. The van der Waals surface area contributed by atoms with Crippen LogP contribution in [0.25, 0.3) is 0 Å². The summed E-state index contributed by atoms with van der Waals surface area (Å²) in [7, 11) is 1.56. The number of para-hydroxylation sites is 1. The third-order valence-electron chi connectivity index (χ3n) is 4.73. The van der Waals surface area contributed by atoms with Crippen LogP contribution in [-0.4, -0.2) is 43.0 Å². The molecule has 3 rings (SSSR count). The van der Waals surface area contributed by atoms with Crippen molar-refractivity contribution in [1.29, 1.82) is 0 Å². The SMILES string of the molecule is COc1ccccc1C(=O)NC1CCN(C(=O)Cc2ccccc2)CC1. The third-order valence-corrected chi connectivity index (χ3v) is 4.73. The number of piperidine rings is 1. The summed E-state index contributed by atoms with van der Waals surface area (Å²) in [4.78, 5) is 26.8. The molecule has 1 fully saturated rings. The Hall–Kier alpha value is -2.82. The molecular weight excluding hydrogens is 328 g/mol. The Kier molecular flexibility index (Phi) is 5.89. The Balaban J connectivity index is 1.50. The second kappa shape index (κ2) is 8.52. The number of methoxy groups -OCH3 is 1. The van der Waals surface area contributed by atoms with E-state index in [4.69, 9.17) is 4.74 Å². The summed E-state index contributed by atoms with van der Waals surface area (Å²) in [5.41, 5.74) is 1.57. The zero-order chi connectivity index (χ0) is 18.4. The van der Waals surface area contributed by atoms with E-state index in [-0.39, 0.29) is 17.9 Å². The minimum atomic E-state index is -0.128. The molecule has 5 nitrogen and oxygen atoms in total. The topological polar surface area (TPSA) is 58.6 Å². The highest BCUT2D eigenvalue weighted by atomic mass is 16.5. The average molecular weight is 352 g/mol. The second-order valence-electron chi connectivity index (χ2n) is 6.49. The molecule has 136 valence electrons. The van der Waals surface area contributed by atoms with Gasteiger partial charge in [0.15, 0.2) is 0 Å². The summed E-state index contributed by atoms with van der Waals surface area (Å²) in [5.74, 6) is 0.586. The zero-order valence-electron chi connectivity index (χ0n) is 15.0. The molecule has 1 aliphatic rings. The number of hydrogen-bond donors (Lipinski definition) is 1. The van der Waals surface area contributed by atoms with E-state index in [0.29, 0.717) is 30.8 Å². The Labute approximate surface area is 154 Å². The summed E-state index contributed by atoms with van der Waals surface area (Å²) in [6.07, 6.45) is 1.96. The normalized spacial score (nSPS) is 14.7. The van der Waals surface area contributed by atoms with Crippen LogP contribution in [0.3, 0.4) is 0 Å². The quantitative estimate of drug-likeness (QED) is 0.900. The van der Waals surface area contributed by atoms with Crippen LogP contribution >= 0.6 is 0 Å². The van der Waals surface area contributed by atoms with E-state index < -0.39 is 0 Å². The van der Waals surface area contributed by atoms with Gasteiger partial charge in [-0.15, -0.1) is 0 Å². The van der Waals surface area contributed by atoms with E-state index in [1.54, 1.807) is 19.2 Å². The predicted octanol–water partition coefficient (Wildman–Crippen LogP) is 2.66. The van der Waals surface area contributed by atoms with Crippen molar-refractivity contribution in [2.24, 2.45) is 0 Å². The largest absolute Gasteiger partial charge is 0.496 e. The van der Waals surface area contributed by atoms with Crippen molar-refractivity contribution in [2.75, 3.05) is 20.2 Å². The molecule has 0 atom stereocenters. The van der Waals surface area contributed by atoms with E-state index in [9.17, 15) is 9.59 Å². The molecule has 26 heavy (non-hydrogen) atoms. The molecular formula is C21H24N2O3. The van der Waals surface area contributed by atoms with Crippen molar-refractivity contribution in [3.8, 4) is 5.75 Å². The number of benzene rings is 2. The lowest BCUT2D eigenvalue weighted by atomic mass is 10.0. The van der Waals surface area contributed by atoms with Gasteiger partial charge in [-0.25, -0.2) is 0 Å². The fourth-order valence-corrected chi connectivity index (χ4v) is 3.25. The number of carbonyl (C=O) groups is 2. The van der Waals surface area contributed by atoms with Gasteiger partial charge < -0.3 is 15.0 Å². The van der Waals surface area contributed by atoms with E-state index in [2.05, 4.69) is 5.32 Å². The van der Waals surface area contributed by atoms with E-state index >= 15 is 0 Å². The smallest absolute Gasteiger partial charge is 0.255 e.